The van der Waals surface area contributed by atoms with Crippen molar-refractivity contribution in [1.82, 2.24) is 29.8 Å². The minimum Gasteiger partial charge on any atom is -0.467 e. The van der Waals surface area contributed by atoms with Crippen LogP contribution in [0.2, 0.25) is 5.02 Å². The van der Waals surface area contributed by atoms with Crippen LogP contribution < -0.4 is 10.6 Å². The summed E-state index contributed by atoms with van der Waals surface area (Å²) in [6.07, 6.45) is -0.453. The van der Waals surface area contributed by atoms with Crippen LogP contribution in [0, 0.1) is 0 Å². The van der Waals surface area contributed by atoms with Crippen molar-refractivity contribution in [2.75, 3.05) is 12.3 Å². The molecule has 1 amide bonds. The number of hydrogen-bond acceptors (Lipinski definition) is 10. The lowest BCUT2D eigenvalue weighted by atomic mass is 10.1. The molecule has 0 aliphatic carbocycles. The van der Waals surface area contributed by atoms with Crippen LogP contribution in [0.25, 0.3) is 22.6 Å². The highest BCUT2D eigenvalue weighted by Gasteiger charge is 2.47. The van der Waals surface area contributed by atoms with Gasteiger partial charge in [-0.25, -0.2) is 15.0 Å². The number of aromatic nitrogens is 5. The predicted octanol–water partition coefficient (Wildman–Crippen LogP) is 1.11. The number of furan rings is 1. The second kappa shape index (κ2) is 8.99. The van der Waals surface area contributed by atoms with Crippen LogP contribution in [-0.4, -0.2) is 65.9 Å². The number of carbonyl (C=O) groups is 1. The molecule has 12 nitrogen and oxygen atoms in total. The van der Waals surface area contributed by atoms with Crippen LogP contribution in [0.1, 0.15) is 16.1 Å². The van der Waals surface area contributed by atoms with Gasteiger partial charge in [0.25, 0.3) is 5.91 Å². The molecular formula is C21H20ClN7O5. The van der Waals surface area contributed by atoms with Crippen LogP contribution in [-0.2, 0) is 16.1 Å². The van der Waals surface area contributed by atoms with E-state index in [1.54, 1.807) is 23.5 Å². The first-order valence-corrected chi connectivity index (χ1v) is 10.4. The fourth-order valence-electron chi connectivity index (χ4n) is 3.65. The van der Waals surface area contributed by atoms with Gasteiger partial charge in [0.2, 0.25) is 0 Å². The number of amides is 1. The molecule has 0 spiro atoms. The number of nitrogens with one attached hydrogen (secondary N) is 2. The first-order chi connectivity index (χ1) is 17.6. The molecule has 0 radical (unpaired) electrons. The number of likely N-dealkylation sites (N-methyl/N-ethyl adjacent to an activating group) is 1. The topological polar surface area (TPSA) is 160 Å². The molecular weight excluding hydrogens is 466 g/mol. The summed E-state index contributed by atoms with van der Waals surface area (Å²) < 4.78 is 33.9. The van der Waals surface area contributed by atoms with Gasteiger partial charge in [0.1, 0.15) is 18.0 Å². The highest BCUT2D eigenvalue weighted by Crippen LogP contribution is 2.33. The third-order valence-corrected chi connectivity index (χ3v) is 5.50. The van der Waals surface area contributed by atoms with Gasteiger partial charge in [-0.1, -0.05) is 11.6 Å². The zero-order valence-electron chi connectivity index (χ0n) is 20.3. The third-order valence-electron chi connectivity index (χ3n) is 5.29. The maximum atomic E-state index is 12.4. The summed E-state index contributed by atoms with van der Waals surface area (Å²) in [7, 11) is 0. The molecule has 1 aliphatic heterocycles. The number of imidazole rings is 1. The van der Waals surface area contributed by atoms with E-state index in [1.807, 2.05) is 0 Å². The summed E-state index contributed by atoms with van der Waals surface area (Å²) in [4.78, 5) is 29.9. The number of halogens is 1. The Morgan fingerprint density at radius 3 is 2.97 bits per heavy atom. The van der Waals surface area contributed by atoms with Crippen molar-refractivity contribution >= 4 is 34.5 Å². The first kappa shape index (κ1) is 18.8. The Labute approximate surface area is 201 Å². The van der Waals surface area contributed by atoms with Gasteiger partial charge >= 0.3 is 0 Å². The Kier molecular flexibility index (Phi) is 4.97. The lowest BCUT2D eigenvalue weighted by Crippen LogP contribution is -2.41. The van der Waals surface area contributed by atoms with E-state index in [0.717, 1.165) is 0 Å². The standard InChI is InChI=1S/C21H20ClN7O5/c1-23-20(32)16-14(30)15(31)21(34-16)29-9-26-13-18(25-8-12-3-2-4-33-12)27-17(28-19(13)29)10-5-11(22)7-24-6-10/h2-7,9,14-16,21,30-31H,8H2,1H3,(H,23,32)(H,25,27,28)/t14-,15+,16-,21+/m0/s1/i1D3. The van der Waals surface area contributed by atoms with Crippen LogP contribution in [0.3, 0.4) is 0 Å². The van der Waals surface area contributed by atoms with Crippen LogP contribution in [0.15, 0.2) is 47.6 Å². The fourth-order valence-corrected chi connectivity index (χ4v) is 3.82. The average Bonchev–Trinajstić information content (AvgIpc) is 3.57. The first-order valence-electron chi connectivity index (χ1n) is 11.6. The second-order valence-electron chi connectivity index (χ2n) is 7.46. The number of aliphatic hydroxyl groups is 2. The third kappa shape index (κ3) is 3.96. The van der Waals surface area contributed by atoms with E-state index in [0.29, 0.717) is 27.7 Å². The number of anilines is 1. The van der Waals surface area contributed by atoms with Gasteiger partial charge in [-0.3, -0.25) is 14.3 Å². The maximum Gasteiger partial charge on any atom is 0.251 e. The van der Waals surface area contributed by atoms with Crippen LogP contribution in [0.5, 0.6) is 0 Å². The van der Waals surface area contributed by atoms with Crippen LogP contribution >= 0.6 is 11.6 Å². The molecule has 0 unspecified atom stereocenters. The van der Waals surface area contributed by atoms with Crippen molar-refractivity contribution in [3.05, 3.63) is 54.0 Å². The number of pyridine rings is 1. The van der Waals surface area contributed by atoms with E-state index in [4.69, 9.17) is 24.9 Å². The Morgan fingerprint density at radius 2 is 2.21 bits per heavy atom. The smallest absolute Gasteiger partial charge is 0.251 e. The molecule has 176 valence electrons. The Hall–Kier alpha value is -3.58. The number of hydrogen-bond donors (Lipinski definition) is 4. The zero-order chi connectivity index (χ0) is 26.3. The van der Waals surface area contributed by atoms with Gasteiger partial charge in [0.05, 0.1) is 24.2 Å². The molecule has 5 heterocycles. The Morgan fingerprint density at radius 1 is 1.32 bits per heavy atom. The molecule has 13 heteroatoms. The minimum atomic E-state index is -2.80. The largest absolute Gasteiger partial charge is 0.467 e. The van der Waals surface area contributed by atoms with Gasteiger partial charge in [0, 0.05) is 29.0 Å². The molecule has 0 bridgehead atoms. The molecule has 4 aromatic rings. The zero-order valence-corrected chi connectivity index (χ0v) is 18.0. The Balaban J connectivity index is 1.54. The van der Waals surface area contributed by atoms with Gasteiger partial charge in [-0.15, -0.1) is 0 Å². The van der Waals surface area contributed by atoms with Gasteiger partial charge in [-0.2, -0.15) is 0 Å². The summed E-state index contributed by atoms with van der Waals surface area (Å²) in [5.41, 5.74) is 0.983. The highest BCUT2D eigenvalue weighted by molar-refractivity contribution is 6.30. The van der Waals surface area contributed by atoms with Gasteiger partial charge in [0.15, 0.2) is 35.1 Å². The van der Waals surface area contributed by atoms with Crippen molar-refractivity contribution in [3.63, 3.8) is 0 Å². The highest BCUT2D eigenvalue weighted by atomic mass is 35.5. The lowest BCUT2D eigenvalue weighted by molar-refractivity contribution is -0.137. The SMILES string of the molecule is [2H]C([2H])([2H])NC(=O)[C@H]1O[C@@H](n2cnc3c(NCc4ccco4)nc(-c4cncc(Cl)c4)nc32)[C@H](O)[C@@H]1O. The quantitative estimate of drug-likeness (QED) is 0.309. The lowest BCUT2D eigenvalue weighted by Gasteiger charge is -2.17. The number of aliphatic hydroxyl groups excluding tert-OH is 2. The molecule has 1 aliphatic rings. The van der Waals surface area contributed by atoms with E-state index in [1.165, 1.54) is 29.6 Å². The van der Waals surface area contributed by atoms with E-state index >= 15 is 0 Å². The Bertz CT molecular complexity index is 1430. The van der Waals surface area contributed by atoms with Crippen molar-refractivity contribution in [1.29, 1.82) is 0 Å². The molecule has 0 aromatic carbocycles. The van der Waals surface area contributed by atoms with E-state index < -0.39 is 37.4 Å². The number of nitrogens with zero attached hydrogens (tertiary/aromatic N) is 5. The molecule has 4 aromatic heterocycles. The number of carbonyl (C=O) groups excluding carboxylic acids is 1. The second-order valence-corrected chi connectivity index (χ2v) is 7.90. The summed E-state index contributed by atoms with van der Waals surface area (Å²) in [5.74, 6) is 0.0771. The molecule has 4 atom stereocenters. The van der Waals surface area contributed by atoms with Crippen molar-refractivity contribution in [3.8, 4) is 11.4 Å². The number of rotatable bonds is 6. The van der Waals surface area contributed by atoms with Crippen molar-refractivity contribution < 1.29 is 28.3 Å². The molecule has 34 heavy (non-hydrogen) atoms. The molecule has 5 rings (SSSR count). The molecule has 1 fully saturated rings. The molecule has 1 saturated heterocycles. The van der Waals surface area contributed by atoms with E-state index in [2.05, 4.69) is 25.3 Å². The summed E-state index contributed by atoms with van der Waals surface area (Å²) >= 11 is 6.10. The molecule has 4 N–H and O–H groups in total. The average molecular weight is 489 g/mol. The van der Waals surface area contributed by atoms with E-state index in [9.17, 15) is 15.0 Å². The molecule has 0 saturated carbocycles. The number of fused-ring (bicyclic) bond motifs is 1. The summed E-state index contributed by atoms with van der Waals surface area (Å²) in [6.45, 7) is -2.52. The normalized spacial score (nSPS) is 23.9. The van der Waals surface area contributed by atoms with Crippen molar-refractivity contribution in [2.45, 2.75) is 31.1 Å². The van der Waals surface area contributed by atoms with Gasteiger partial charge in [-0.05, 0) is 18.2 Å². The van der Waals surface area contributed by atoms with Crippen molar-refractivity contribution in [2.24, 2.45) is 0 Å². The van der Waals surface area contributed by atoms with E-state index in [-0.39, 0.29) is 18.0 Å². The fraction of sp³-hybridized carbons (Fsp3) is 0.286. The summed E-state index contributed by atoms with van der Waals surface area (Å²) in [5, 5.41) is 26.4. The monoisotopic (exact) mass is 488 g/mol. The maximum absolute atomic E-state index is 12.4. The predicted molar refractivity (Wildman–Crippen MR) is 120 cm³/mol. The van der Waals surface area contributed by atoms with Gasteiger partial charge < -0.3 is 30.0 Å². The number of ether oxygens (including phenoxy) is 1. The summed E-state index contributed by atoms with van der Waals surface area (Å²) in [6, 6.07) is 5.14. The van der Waals surface area contributed by atoms with Crippen LogP contribution in [0.4, 0.5) is 5.82 Å². The minimum absolute atomic E-state index is 0.194.